The SMILES string of the molecule is CC[C@H](C)NC(=O)[C@H](CC)N(Cc1cccc(OC)c1)C(=O)COc1ccc(Br)c(C)c1. The molecule has 0 heterocycles. The van der Waals surface area contributed by atoms with Gasteiger partial charge in [0.2, 0.25) is 5.91 Å². The minimum atomic E-state index is -0.599. The molecule has 0 aromatic heterocycles. The highest BCUT2D eigenvalue weighted by Crippen LogP contribution is 2.22. The second-order valence-corrected chi connectivity index (χ2v) is 8.67. The van der Waals surface area contributed by atoms with E-state index in [2.05, 4.69) is 21.2 Å². The normalized spacial score (nSPS) is 12.6. The number of benzene rings is 2. The Kier molecular flexibility index (Phi) is 10.0. The summed E-state index contributed by atoms with van der Waals surface area (Å²) < 4.78 is 12.1. The van der Waals surface area contributed by atoms with Crippen molar-refractivity contribution in [3.05, 3.63) is 58.1 Å². The molecule has 0 aliphatic carbocycles. The number of hydrogen-bond acceptors (Lipinski definition) is 4. The number of ether oxygens (including phenoxy) is 2. The quantitative estimate of drug-likeness (QED) is 0.474. The van der Waals surface area contributed by atoms with Crippen LogP contribution in [-0.2, 0) is 16.1 Å². The standard InChI is InChI=1S/C25H33BrN2O4/c1-6-18(4)27-25(30)23(7-2)28(15-19-9-8-10-20(14-19)31-5)24(29)16-32-21-11-12-22(26)17(3)13-21/h8-14,18,23H,6-7,15-16H2,1-5H3,(H,27,30)/t18-,23-/m0/s1. The van der Waals surface area contributed by atoms with Gasteiger partial charge in [-0.15, -0.1) is 0 Å². The molecule has 2 aromatic rings. The van der Waals surface area contributed by atoms with Gasteiger partial charge >= 0.3 is 0 Å². The molecule has 0 bridgehead atoms. The van der Waals surface area contributed by atoms with Gasteiger partial charge in [-0.1, -0.05) is 41.9 Å². The van der Waals surface area contributed by atoms with Gasteiger partial charge in [0.05, 0.1) is 7.11 Å². The minimum Gasteiger partial charge on any atom is -0.497 e. The van der Waals surface area contributed by atoms with Crippen molar-refractivity contribution in [3.63, 3.8) is 0 Å². The summed E-state index contributed by atoms with van der Waals surface area (Å²) >= 11 is 3.47. The Balaban J connectivity index is 2.24. The molecule has 2 aromatic carbocycles. The predicted molar refractivity (Wildman–Crippen MR) is 130 cm³/mol. The third kappa shape index (κ3) is 7.26. The van der Waals surface area contributed by atoms with Crippen LogP contribution in [0.25, 0.3) is 0 Å². The van der Waals surface area contributed by atoms with Crippen molar-refractivity contribution < 1.29 is 19.1 Å². The maximum Gasteiger partial charge on any atom is 0.261 e. The van der Waals surface area contributed by atoms with Crippen LogP contribution < -0.4 is 14.8 Å². The molecule has 0 radical (unpaired) electrons. The summed E-state index contributed by atoms with van der Waals surface area (Å²) in [5.74, 6) is 0.906. The van der Waals surface area contributed by atoms with E-state index in [4.69, 9.17) is 9.47 Å². The van der Waals surface area contributed by atoms with Gasteiger partial charge in [-0.3, -0.25) is 9.59 Å². The average molecular weight is 505 g/mol. The van der Waals surface area contributed by atoms with E-state index in [1.165, 1.54) is 0 Å². The van der Waals surface area contributed by atoms with E-state index in [9.17, 15) is 9.59 Å². The van der Waals surface area contributed by atoms with Gasteiger partial charge in [0.1, 0.15) is 17.5 Å². The zero-order valence-corrected chi connectivity index (χ0v) is 21.1. The van der Waals surface area contributed by atoms with E-state index >= 15 is 0 Å². The number of aryl methyl sites for hydroxylation is 1. The van der Waals surface area contributed by atoms with E-state index < -0.39 is 6.04 Å². The molecule has 0 aliphatic rings. The van der Waals surface area contributed by atoms with Gasteiger partial charge in [-0.05, 0) is 68.1 Å². The first kappa shape index (κ1) is 25.7. The van der Waals surface area contributed by atoms with Gasteiger partial charge < -0.3 is 19.7 Å². The van der Waals surface area contributed by atoms with Crippen molar-refractivity contribution in [3.8, 4) is 11.5 Å². The van der Waals surface area contributed by atoms with Crippen molar-refractivity contribution in [1.82, 2.24) is 10.2 Å². The monoisotopic (exact) mass is 504 g/mol. The van der Waals surface area contributed by atoms with Gasteiger partial charge in [0.15, 0.2) is 6.61 Å². The van der Waals surface area contributed by atoms with E-state index in [0.29, 0.717) is 17.9 Å². The van der Waals surface area contributed by atoms with Gasteiger partial charge in [0.25, 0.3) is 5.91 Å². The van der Waals surface area contributed by atoms with Crippen molar-refractivity contribution in [1.29, 1.82) is 0 Å². The number of rotatable bonds is 11. The maximum absolute atomic E-state index is 13.3. The topological polar surface area (TPSA) is 67.9 Å². The van der Waals surface area contributed by atoms with E-state index in [1.807, 2.05) is 70.2 Å². The molecule has 7 heteroatoms. The number of carbonyl (C=O) groups excluding carboxylic acids is 2. The van der Waals surface area contributed by atoms with Crippen LogP contribution in [0.1, 0.15) is 44.7 Å². The molecule has 1 N–H and O–H groups in total. The molecule has 6 nitrogen and oxygen atoms in total. The van der Waals surface area contributed by atoms with E-state index in [-0.39, 0.29) is 31.0 Å². The molecule has 32 heavy (non-hydrogen) atoms. The third-order valence-electron chi connectivity index (χ3n) is 5.37. The van der Waals surface area contributed by atoms with E-state index in [1.54, 1.807) is 12.0 Å². The van der Waals surface area contributed by atoms with Crippen LogP contribution in [0.4, 0.5) is 0 Å². The van der Waals surface area contributed by atoms with Crippen molar-refractivity contribution >= 4 is 27.7 Å². The summed E-state index contributed by atoms with van der Waals surface area (Å²) in [6.45, 7) is 7.96. The first-order valence-corrected chi connectivity index (χ1v) is 11.7. The van der Waals surface area contributed by atoms with Crippen LogP contribution in [0, 0.1) is 6.92 Å². The Morgan fingerprint density at radius 1 is 1.09 bits per heavy atom. The molecule has 0 unspecified atom stereocenters. The Bertz CT molecular complexity index is 919. The summed E-state index contributed by atoms with van der Waals surface area (Å²) in [4.78, 5) is 27.8. The molecule has 174 valence electrons. The van der Waals surface area contributed by atoms with E-state index in [0.717, 1.165) is 22.0 Å². The zero-order valence-electron chi connectivity index (χ0n) is 19.5. The molecule has 0 spiro atoms. The number of nitrogens with zero attached hydrogens (tertiary/aromatic N) is 1. The highest BCUT2D eigenvalue weighted by molar-refractivity contribution is 9.10. The number of halogens is 1. The Morgan fingerprint density at radius 3 is 2.47 bits per heavy atom. The summed E-state index contributed by atoms with van der Waals surface area (Å²) in [6, 6.07) is 12.5. The van der Waals surface area contributed by atoms with Crippen molar-refractivity contribution in [2.45, 2.75) is 59.2 Å². The number of nitrogens with one attached hydrogen (secondary N) is 1. The lowest BCUT2D eigenvalue weighted by Gasteiger charge is -2.31. The molecular formula is C25H33BrN2O4. The fourth-order valence-electron chi connectivity index (χ4n) is 3.26. The van der Waals surface area contributed by atoms with Crippen LogP contribution in [0.3, 0.4) is 0 Å². The van der Waals surface area contributed by atoms with Crippen LogP contribution in [0.15, 0.2) is 46.9 Å². The first-order valence-electron chi connectivity index (χ1n) is 10.9. The number of carbonyl (C=O) groups is 2. The summed E-state index contributed by atoms with van der Waals surface area (Å²) in [5, 5.41) is 3.01. The summed E-state index contributed by atoms with van der Waals surface area (Å²) in [7, 11) is 1.60. The predicted octanol–water partition coefficient (Wildman–Crippen LogP) is 4.87. The molecule has 2 amide bonds. The van der Waals surface area contributed by atoms with Crippen LogP contribution in [-0.4, -0.2) is 42.5 Å². The lowest BCUT2D eigenvalue weighted by atomic mass is 10.1. The summed E-state index contributed by atoms with van der Waals surface area (Å²) in [6.07, 6.45) is 1.31. The lowest BCUT2D eigenvalue weighted by molar-refractivity contribution is -0.143. The number of hydrogen-bond donors (Lipinski definition) is 1. The molecule has 0 saturated heterocycles. The fraction of sp³-hybridized carbons (Fsp3) is 0.440. The molecule has 2 atom stereocenters. The molecule has 0 saturated carbocycles. The average Bonchev–Trinajstić information content (AvgIpc) is 2.79. The van der Waals surface area contributed by atoms with Crippen molar-refractivity contribution in [2.24, 2.45) is 0 Å². The second kappa shape index (κ2) is 12.5. The zero-order chi connectivity index (χ0) is 23.7. The van der Waals surface area contributed by atoms with Crippen LogP contribution in [0.5, 0.6) is 11.5 Å². The first-order chi connectivity index (χ1) is 15.3. The highest BCUT2D eigenvalue weighted by atomic mass is 79.9. The van der Waals surface area contributed by atoms with Gasteiger partial charge in [-0.25, -0.2) is 0 Å². The lowest BCUT2D eigenvalue weighted by Crippen LogP contribution is -2.51. The Morgan fingerprint density at radius 2 is 1.84 bits per heavy atom. The van der Waals surface area contributed by atoms with Gasteiger partial charge in [-0.2, -0.15) is 0 Å². The minimum absolute atomic E-state index is 0.0345. The summed E-state index contributed by atoms with van der Waals surface area (Å²) in [5.41, 5.74) is 1.90. The smallest absolute Gasteiger partial charge is 0.261 e. The third-order valence-corrected chi connectivity index (χ3v) is 6.26. The molecule has 2 rings (SSSR count). The Labute approximate surface area is 199 Å². The number of amides is 2. The van der Waals surface area contributed by atoms with Crippen LogP contribution in [0.2, 0.25) is 0 Å². The van der Waals surface area contributed by atoms with Crippen LogP contribution >= 0.6 is 15.9 Å². The highest BCUT2D eigenvalue weighted by Gasteiger charge is 2.29. The van der Waals surface area contributed by atoms with Gasteiger partial charge in [0, 0.05) is 17.1 Å². The Hall–Kier alpha value is -2.54. The molecule has 0 fully saturated rings. The van der Waals surface area contributed by atoms with Crippen molar-refractivity contribution in [2.75, 3.05) is 13.7 Å². The largest absolute Gasteiger partial charge is 0.497 e. The maximum atomic E-state index is 13.3. The molecular weight excluding hydrogens is 472 g/mol. The number of methoxy groups -OCH3 is 1. The second-order valence-electron chi connectivity index (χ2n) is 7.81. The molecule has 0 aliphatic heterocycles. The fourth-order valence-corrected chi connectivity index (χ4v) is 3.51.